The molecule has 0 aliphatic carbocycles. The highest BCUT2D eigenvalue weighted by Gasteiger charge is 2.22. The summed E-state index contributed by atoms with van der Waals surface area (Å²) in [5, 5.41) is 18.0. The van der Waals surface area contributed by atoms with Crippen molar-refractivity contribution in [3.05, 3.63) is 29.6 Å². The number of hydrogen-bond donors (Lipinski definition) is 2. The number of aromatic carboxylic acids is 1. The SMILES string of the molecule is COCCN(CCO)C(=O)c1ncccc1C(=O)O. The summed E-state index contributed by atoms with van der Waals surface area (Å²) in [6.07, 6.45) is 1.35. The number of rotatable bonds is 7. The Morgan fingerprint density at radius 3 is 2.74 bits per heavy atom. The Morgan fingerprint density at radius 2 is 2.16 bits per heavy atom. The van der Waals surface area contributed by atoms with Gasteiger partial charge in [-0.3, -0.25) is 9.78 Å². The van der Waals surface area contributed by atoms with E-state index in [0.717, 1.165) is 0 Å². The van der Waals surface area contributed by atoms with Gasteiger partial charge >= 0.3 is 5.97 Å². The minimum Gasteiger partial charge on any atom is -0.478 e. The third-order valence-corrected chi connectivity index (χ3v) is 2.46. The molecule has 0 radical (unpaired) electrons. The second-order valence-electron chi connectivity index (χ2n) is 3.71. The molecule has 7 heteroatoms. The molecule has 7 nitrogen and oxygen atoms in total. The molecule has 1 aromatic rings. The first kappa shape index (κ1) is 15.1. The Labute approximate surface area is 110 Å². The van der Waals surface area contributed by atoms with Crippen LogP contribution in [-0.2, 0) is 4.74 Å². The van der Waals surface area contributed by atoms with Gasteiger partial charge in [-0.05, 0) is 12.1 Å². The summed E-state index contributed by atoms with van der Waals surface area (Å²) < 4.78 is 4.87. The first-order valence-corrected chi connectivity index (χ1v) is 5.69. The van der Waals surface area contributed by atoms with Crippen molar-refractivity contribution >= 4 is 11.9 Å². The molecule has 0 unspecified atom stereocenters. The third kappa shape index (κ3) is 4.01. The fourth-order valence-electron chi connectivity index (χ4n) is 1.54. The number of carbonyl (C=O) groups is 2. The molecule has 0 bridgehead atoms. The lowest BCUT2D eigenvalue weighted by atomic mass is 10.1. The molecule has 19 heavy (non-hydrogen) atoms. The number of carbonyl (C=O) groups excluding carboxylic acids is 1. The van der Waals surface area contributed by atoms with E-state index in [0.29, 0.717) is 6.61 Å². The molecule has 2 N–H and O–H groups in total. The molecule has 1 amide bonds. The van der Waals surface area contributed by atoms with E-state index >= 15 is 0 Å². The average molecular weight is 268 g/mol. The number of carboxylic acids is 1. The molecule has 0 spiro atoms. The van der Waals surface area contributed by atoms with Crippen molar-refractivity contribution in [2.24, 2.45) is 0 Å². The maximum atomic E-state index is 12.2. The molecule has 0 aliphatic heterocycles. The Hall–Kier alpha value is -1.99. The largest absolute Gasteiger partial charge is 0.478 e. The summed E-state index contributed by atoms with van der Waals surface area (Å²) in [4.78, 5) is 28.4. The van der Waals surface area contributed by atoms with Crippen molar-refractivity contribution in [1.29, 1.82) is 0 Å². The van der Waals surface area contributed by atoms with Gasteiger partial charge in [0.05, 0.1) is 18.8 Å². The number of carboxylic acid groups (broad SMARTS) is 1. The van der Waals surface area contributed by atoms with Crippen molar-refractivity contribution < 1.29 is 24.5 Å². The number of aliphatic hydroxyl groups excluding tert-OH is 1. The van der Waals surface area contributed by atoms with E-state index in [1.54, 1.807) is 0 Å². The van der Waals surface area contributed by atoms with E-state index in [4.69, 9.17) is 14.9 Å². The van der Waals surface area contributed by atoms with Crippen LogP contribution in [0.1, 0.15) is 20.8 Å². The minimum atomic E-state index is -1.22. The van der Waals surface area contributed by atoms with Gasteiger partial charge in [0, 0.05) is 26.4 Å². The van der Waals surface area contributed by atoms with Gasteiger partial charge in [0.2, 0.25) is 0 Å². The highest BCUT2D eigenvalue weighted by Crippen LogP contribution is 2.09. The lowest BCUT2D eigenvalue weighted by molar-refractivity contribution is 0.0626. The predicted octanol–water partition coefficient (Wildman–Crippen LogP) is -0.139. The van der Waals surface area contributed by atoms with Crippen LogP contribution in [0.25, 0.3) is 0 Å². The normalized spacial score (nSPS) is 10.2. The zero-order chi connectivity index (χ0) is 14.3. The minimum absolute atomic E-state index is 0.0951. The second kappa shape index (κ2) is 7.45. The number of aliphatic hydroxyl groups is 1. The van der Waals surface area contributed by atoms with Crippen LogP contribution >= 0.6 is 0 Å². The van der Waals surface area contributed by atoms with Crippen LogP contribution in [0.3, 0.4) is 0 Å². The van der Waals surface area contributed by atoms with Crippen LogP contribution in [0.4, 0.5) is 0 Å². The summed E-state index contributed by atoms with van der Waals surface area (Å²) in [6.45, 7) is 0.426. The summed E-state index contributed by atoms with van der Waals surface area (Å²) >= 11 is 0. The van der Waals surface area contributed by atoms with Crippen molar-refractivity contribution in [2.75, 3.05) is 33.4 Å². The van der Waals surface area contributed by atoms with Crippen molar-refractivity contribution in [2.45, 2.75) is 0 Å². The Balaban J connectivity index is 2.98. The number of pyridine rings is 1. The molecule has 0 atom stereocenters. The van der Waals surface area contributed by atoms with Gasteiger partial charge < -0.3 is 19.8 Å². The van der Waals surface area contributed by atoms with Crippen molar-refractivity contribution in [3.8, 4) is 0 Å². The first-order valence-electron chi connectivity index (χ1n) is 5.69. The monoisotopic (exact) mass is 268 g/mol. The van der Waals surface area contributed by atoms with E-state index < -0.39 is 11.9 Å². The Kier molecular flexibility index (Phi) is 5.91. The molecule has 0 aliphatic rings. The average Bonchev–Trinajstić information content (AvgIpc) is 2.42. The molecule has 1 aromatic heterocycles. The molecular formula is C12H16N2O5. The van der Waals surface area contributed by atoms with Gasteiger partial charge in [-0.2, -0.15) is 0 Å². The van der Waals surface area contributed by atoms with E-state index in [-0.39, 0.29) is 31.0 Å². The number of hydrogen-bond acceptors (Lipinski definition) is 5. The lowest BCUT2D eigenvalue weighted by Crippen LogP contribution is -2.37. The summed E-state index contributed by atoms with van der Waals surface area (Å²) in [6, 6.07) is 2.77. The van der Waals surface area contributed by atoms with E-state index in [1.807, 2.05) is 0 Å². The molecule has 0 saturated carbocycles. The van der Waals surface area contributed by atoms with E-state index in [9.17, 15) is 9.59 Å². The van der Waals surface area contributed by atoms with Crippen LogP contribution in [0.15, 0.2) is 18.3 Å². The molecule has 104 valence electrons. The Morgan fingerprint density at radius 1 is 1.42 bits per heavy atom. The summed E-state index contributed by atoms with van der Waals surface area (Å²) in [7, 11) is 1.49. The maximum Gasteiger partial charge on any atom is 0.338 e. The molecule has 1 heterocycles. The summed E-state index contributed by atoms with van der Waals surface area (Å²) in [5.74, 6) is -1.75. The van der Waals surface area contributed by atoms with Crippen LogP contribution in [0.2, 0.25) is 0 Å². The van der Waals surface area contributed by atoms with Crippen LogP contribution < -0.4 is 0 Å². The van der Waals surface area contributed by atoms with E-state index in [2.05, 4.69) is 4.98 Å². The second-order valence-corrected chi connectivity index (χ2v) is 3.71. The standard InChI is InChI=1S/C12H16N2O5/c1-19-8-6-14(5-7-15)11(16)10-9(12(17)18)3-2-4-13-10/h2-4,15H,5-8H2,1H3,(H,17,18). The fourth-order valence-corrected chi connectivity index (χ4v) is 1.54. The van der Waals surface area contributed by atoms with Gasteiger partial charge in [0.15, 0.2) is 0 Å². The smallest absolute Gasteiger partial charge is 0.338 e. The van der Waals surface area contributed by atoms with Gasteiger partial charge in [-0.1, -0.05) is 0 Å². The fraction of sp³-hybridized carbons (Fsp3) is 0.417. The first-order chi connectivity index (χ1) is 9.11. The molecule has 0 saturated heterocycles. The number of nitrogens with zero attached hydrogens (tertiary/aromatic N) is 2. The number of aromatic nitrogens is 1. The number of ether oxygens (including phenoxy) is 1. The van der Waals surface area contributed by atoms with Gasteiger partial charge in [-0.15, -0.1) is 0 Å². The molecule has 0 fully saturated rings. The zero-order valence-electron chi connectivity index (χ0n) is 10.6. The predicted molar refractivity (Wildman–Crippen MR) is 66.1 cm³/mol. The highest BCUT2D eigenvalue weighted by atomic mass is 16.5. The molecule has 0 aromatic carbocycles. The van der Waals surface area contributed by atoms with Crippen LogP contribution in [0, 0.1) is 0 Å². The quantitative estimate of drug-likeness (QED) is 0.714. The van der Waals surface area contributed by atoms with Crippen molar-refractivity contribution in [1.82, 2.24) is 9.88 Å². The number of amides is 1. The molecule has 1 rings (SSSR count). The van der Waals surface area contributed by atoms with Gasteiger partial charge in [0.25, 0.3) is 5.91 Å². The van der Waals surface area contributed by atoms with Crippen LogP contribution in [-0.4, -0.2) is 65.4 Å². The Bertz CT molecular complexity index is 450. The topological polar surface area (TPSA) is 100.0 Å². The summed E-state index contributed by atoms with van der Waals surface area (Å²) in [5.41, 5.74) is -0.299. The van der Waals surface area contributed by atoms with Crippen molar-refractivity contribution in [3.63, 3.8) is 0 Å². The molecular weight excluding hydrogens is 252 g/mol. The lowest BCUT2D eigenvalue weighted by Gasteiger charge is -2.21. The highest BCUT2D eigenvalue weighted by molar-refractivity contribution is 6.03. The third-order valence-electron chi connectivity index (χ3n) is 2.46. The maximum absolute atomic E-state index is 12.2. The van der Waals surface area contributed by atoms with Gasteiger partial charge in [-0.25, -0.2) is 4.79 Å². The zero-order valence-corrected chi connectivity index (χ0v) is 10.6. The van der Waals surface area contributed by atoms with Gasteiger partial charge in [0.1, 0.15) is 5.69 Å². The van der Waals surface area contributed by atoms with Crippen LogP contribution in [0.5, 0.6) is 0 Å². The van der Waals surface area contributed by atoms with E-state index in [1.165, 1.54) is 30.3 Å². The number of methoxy groups -OCH3 is 1.